The molecule has 1 aromatic heterocycles. The van der Waals surface area contributed by atoms with Gasteiger partial charge in [-0.25, -0.2) is 13.6 Å². The van der Waals surface area contributed by atoms with Crippen LogP contribution in [0.1, 0.15) is 54.5 Å². The first-order chi connectivity index (χ1) is 10.4. The van der Waals surface area contributed by atoms with Crippen molar-refractivity contribution in [3.63, 3.8) is 0 Å². The van der Waals surface area contributed by atoms with Gasteiger partial charge in [0.2, 0.25) is 5.92 Å². The Labute approximate surface area is 132 Å². The van der Waals surface area contributed by atoms with Crippen LogP contribution in [0.2, 0.25) is 0 Å². The van der Waals surface area contributed by atoms with Crippen LogP contribution < -0.4 is 5.32 Å². The van der Waals surface area contributed by atoms with Gasteiger partial charge in [-0.2, -0.15) is 0 Å². The summed E-state index contributed by atoms with van der Waals surface area (Å²) in [6, 6.07) is -0.352. The highest BCUT2D eigenvalue weighted by Gasteiger charge is 2.37. The average Bonchev–Trinajstić information content (AvgIpc) is 3.23. The monoisotopic (exact) mass is 330 g/mol. The fraction of sp³-hybridized carbons (Fsp3) is 0.786. The van der Waals surface area contributed by atoms with E-state index in [-0.39, 0.29) is 24.9 Å². The number of amides is 2. The minimum absolute atomic E-state index is 0.115. The van der Waals surface area contributed by atoms with Crippen molar-refractivity contribution in [3.05, 3.63) is 10.0 Å². The predicted octanol–water partition coefficient (Wildman–Crippen LogP) is 3.13. The first-order valence-corrected chi connectivity index (χ1v) is 8.47. The second-order valence-corrected chi connectivity index (χ2v) is 7.26. The molecular weight excluding hydrogens is 310 g/mol. The summed E-state index contributed by atoms with van der Waals surface area (Å²) in [6.45, 7) is 0.344. The van der Waals surface area contributed by atoms with Crippen LogP contribution in [0.4, 0.5) is 13.6 Å². The van der Waals surface area contributed by atoms with Gasteiger partial charge in [0.05, 0.1) is 6.54 Å². The number of alkyl halides is 2. The summed E-state index contributed by atoms with van der Waals surface area (Å²) < 4.78 is 26.3. The van der Waals surface area contributed by atoms with Crippen molar-refractivity contribution in [1.29, 1.82) is 0 Å². The molecule has 0 spiro atoms. The molecule has 0 aromatic carbocycles. The molecular formula is C14H20F2N4OS. The third-order valence-electron chi connectivity index (χ3n) is 4.35. The van der Waals surface area contributed by atoms with Crippen molar-refractivity contribution in [2.75, 3.05) is 7.05 Å². The van der Waals surface area contributed by atoms with E-state index >= 15 is 0 Å². The van der Waals surface area contributed by atoms with Crippen LogP contribution >= 0.6 is 11.3 Å². The van der Waals surface area contributed by atoms with E-state index in [9.17, 15) is 13.6 Å². The van der Waals surface area contributed by atoms with Gasteiger partial charge < -0.3 is 10.2 Å². The van der Waals surface area contributed by atoms with Crippen LogP contribution in [0.15, 0.2) is 0 Å². The number of carbonyl (C=O) groups excluding carboxylic acids is 1. The van der Waals surface area contributed by atoms with Gasteiger partial charge in [0.25, 0.3) is 0 Å². The van der Waals surface area contributed by atoms with Crippen molar-refractivity contribution >= 4 is 17.4 Å². The number of aromatic nitrogens is 2. The van der Waals surface area contributed by atoms with Gasteiger partial charge in [0.15, 0.2) is 0 Å². The molecule has 2 fully saturated rings. The molecule has 0 aliphatic heterocycles. The highest BCUT2D eigenvalue weighted by Crippen LogP contribution is 2.41. The summed E-state index contributed by atoms with van der Waals surface area (Å²) in [5, 5.41) is 12.8. The summed E-state index contributed by atoms with van der Waals surface area (Å²) in [4.78, 5) is 13.7. The SMILES string of the molecule is CN(C(=O)NCc1nnc(C2CC2)s1)C1CCC(F)(F)CC1. The summed E-state index contributed by atoms with van der Waals surface area (Å²) in [6.07, 6.45) is 2.77. The van der Waals surface area contributed by atoms with E-state index < -0.39 is 5.92 Å². The highest BCUT2D eigenvalue weighted by molar-refractivity contribution is 7.11. The molecule has 22 heavy (non-hydrogen) atoms. The largest absolute Gasteiger partial charge is 0.331 e. The number of hydrogen-bond donors (Lipinski definition) is 1. The molecule has 0 radical (unpaired) electrons. The second kappa shape index (κ2) is 6.06. The Hall–Kier alpha value is -1.31. The number of rotatable bonds is 4. The number of urea groups is 1. The Bertz CT molecular complexity index is 537. The minimum atomic E-state index is -2.57. The van der Waals surface area contributed by atoms with Crippen LogP contribution in [0, 0.1) is 0 Å². The number of carbonyl (C=O) groups is 1. The van der Waals surface area contributed by atoms with Crippen molar-refractivity contribution in [2.45, 2.75) is 63.0 Å². The molecule has 2 amide bonds. The zero-order valence-corrected chi connectivity index (χ0v) is 13.3. The fourth-order valence-electron chi connectivity index (χ4n) is 2.69. The lowest BCUT2D eigenvalue weighted by molar-refractivity contribution is -0.0478. The molecule has 1 aromatic rings. The van der Waals surface area contributed by atoms with Gasteiger partial charge in [-0.1, -0.05) is 11.3 Å². The van der Waals surface area contributed by atoms with Crippen LogP contribution in [0.5, 0.6) is 0 Å². The van der Waals surface area contributed by atoms with Crippen molar-refractivity contribution in [2.24, 2.45) is 0 Å². The van der Waals surface area contributed by atoms with Crippen molar-refractivity contribution < 1.29 is 13.6 Å². The first kappa shape index (κ1) is 15.6. The highest BCUT2D eigenvalue weighted by atomic mass is 32.1. The van der Waals surface area contributed by atoms with Crippen LogP contribution in [0.3, 0.4) is 0 Å². The Balaban J connectivity index is 1.46. The van der Waals surface area contributed by atoms with Gasteiger partial charge in [-0.05, 0) is 25.7 Å². The van der Waals surface area contributed by atoms with Gasteiger partial charge in [0.1, 0.15) is 10.0 Å². The van der Waals surface area contributed by atoms with E-state index in [0.717, 1.165) is 10.0 Å². The molecule has 2 saturated carbocycles. The summed E-state index contributed by atoms with van der Waals surface area (Å²) in [7, 11) is 1.67. The number of nitrogens with one attached hydrogen (secondary N) is 1. The Morgan fingerprint density at radius 2 is 2.00 bits per heavy atom. The van der Waals surface area contributed by atoms with E-state index in [2.05, 4.69) is 15.5 Å². The third-order valence-corrected chi connectivity index (χ3v) is 5.44. The zero-order valence-electron chi connectivity index (χ0n) is 12.5. The third kappa shape index (κ3) is 3.71. The lowest BCUT2D eigenvalue weighted by Gasteiger charge is -2.34. The molecule has 1 N–H and O–H groups in total. The van der Waals surface area contributed by atoms with Crippen LogP contribution in [-0.4, -0.2) is 40.1 Å². The Kier molecular flexibility index (Phi) is 4.29. The molecule has 0 bridgehead atoms. The maximum Gasteiger partial charge on any atom is 0.317 e. The van der Waals surface area contributed by atoms with Gasteiger partial charge in [-0.15, -0.1) is 10.2 Å². The second-order valence-electron chi connectivity index (χ2n) is 6.17. The zero-order chi connectivity index (χ0) is 15.7. The maximum absolute atomic E-state index is 13.2. The van der Waals surface area contributed by atoms with E-state index in [4.69, 9.17) is 0 Å². The summed E-state index contributed by atoms with van der Waals surface area (Å²) in [5.41, 5.74) is 0. The molecule has 2 aliphatic carbocycles. The minimum Gasteiger partial charge on any atom is -0.331 e. The summed E-state index contributed by atoms with van der Waals surface area (Å²) >= 11 is 1.54. The topological polar surface area (TPSA) is 58.1 Å². The number of hydrogen-bond acceptors (Lipinski definition) is 4. The lowest BCUT2D eigenvalue weighted by atomic mass is 9.91. The quantitative estimate of drug-likeness (QED) is 0.923. The molecule has 122 valence electrons. The maximum atomic E-state index is 13.2. The standard InChI is InChI=1S/C14H20F2N4OS/c1-20(10-4-6-14(15,16)7-5-10)13(21)17-8-11-18-19-12(22-11)9-2-3-9/h9-10H,2-8H2,1H3,(H,17,21). The van der Waals surface area contributed by atoms with Crippen molar-refractivity contribution in [1.82, 2.24) is 20.4 Å². The van der Waals surface area contributed by atoms with E-state index in [1.807, 2.05) is 0 Å². The Morgan fingerprint density at radius 3 is 2.64 bits per heavy atom. The Morgan fingerprint density at radius 1 is 1.32 bits per heavy atom. The molecule has 5 nitrogen and oxygen atoms in total. The molecule has 1 heterocycles. The van der Waals surface area contributed by atoms with E-state index in [1.54, 1.807) is 7.05 Å². The van der Waals surface area contributed by atoms with Crippen LogP contribution in [0.25, 0.3) is 0 Å². The van der Waals surface area contributed by atoms with Gasteiger partial charge >= 0.3 is 6.03 Å². The molecule has 0 unspecified atom stereocenters. The molecule has 8 heteroatoms. The molecule has 2 aliphatic rings. The molecule has 0 atom stereocenters. The first-order valence-electron chi connectivity index (χ1n) is 7.65. The average molecular weight is 330 g/mol. The predicted molar refractivity (Wildman–Crippen MR) is 79.1 cm³/mol. The normalized spacial score (nSPS) is 21.6. The van der Waals surface area contributed by atoms with Gasteiger partial charge in [-0.3, -0.25) is 0 Å². The molecule has 0 saturated heterocycles. The lowest BCUT2D eigenvalue weighted by Crippen LogP contribution is -2.46. The van der Waals surface area contributed by atoms with E-state index in [0.29, 0.717) is 25.3 Å². The van der Waals surface area contributed by atoms with Crippen molar-refractivity contribution in [3.8, 4) is 0 Å². The smallest absolute Gasteiger partial charge is 0.317 e. The fourth-order valence-corrected chi connectivity index (χ4v) is 3.64. The van der Waals surface area contributed by atoms with Crippen LogP contribution in [-0.2, 0) is 6.54 Å². The van der Waals surface area contributed by atoms with E-state index in [1.165, 1.54) is 29.1 Å². The summed E-state index contributed by atoms with van der Waals surface area (Å²) in [5.74, 6) is -2.01. The number of nitrogens with zero attached hydrogens (tertiary/aromatic N) is 3. The number of halogens is 2. The molecule has 3 rings (SSSR count). The van der Waals surface area contributed by atoms with Gasteiger partial charge in [0, 0.05) is 31.8 Å².